The van der Waals surface area contributed by atoms with Crippen molar-refractivity contribution in [1.82, 2.24) is 15.1 Å². The molecule has 0 atom stereocenters. The molecule has 2 aromatic carbocycles. The minimum atomic E-state index is -4.60. The second kappa shape index (κ2) is 9.80. The fourth-order valence-corrected chi connectivity index (χ4v) is 3.86. The predicted octanol–water partition coefficient (Wildman–Crippen LogP) is 6.17. The van der Waals surface area contributed by atoms with Crippen LogP contribution < -0.4 is 5.32 Å². The van der Waals surface area contributed by atoms with Gasteiger partial charge in [-0.2, -0.15) is 18.3 Å². The molecule has 1 amide bonds. The zero-order valence-corrected chi connectivity index (χ0v) is 20.1. The fourth-order valence-electron chi connectivity index (χ4n) is 3.35. The van der Waals surface area contributed by atoms with E-state index >= 15 is 0 Å². The highest BCUT2D eigenvalue weighted by molar-refractivity contribution is 6.35. The summed E-state index contributed by atoms with van der Waals surface area (Å²) in [6.45, 7) is 5.58. The predicted molar refractivity (Wildman–Crippen MR) is 125 cm³/mol. The van der Waals surface area contributed by atoms with Crippen molar-refractivity contribution in [3.8, 4) is 0 Å². The molecule has 0 saturated heterocycles. The van der Waals surface area contributed by atoms with Crippen LogP contribution in [0.25, 0.3) is 0 Å². The molecule has 0 aliphatic heterocycles. The number of nitrogens with one attached hydrogen (secondary N) is 1. The van der Waals surface area contributed by atoms with Crippen molar-refractivity contribution >= 4 is 34.9 Å². The molecule has 1 N–H and O–H groups in total. The molecule has 0 fully saturated rings. The summed E-state index contributed by atoms with van der Waals surface area (Å²) in [5.41, 5.74) is -1.15. The van der Waals surface area contributed by atoms with Gasteiger partial charge in [0.2, 0.25) is 0 Å². The van der Waals surface area contributed by atoms with Crippen LogP contribution in [-0.4, -0.2) is 28.0 Å². The largest absolute Gasteiger partial charge is 0.416 e. The minimum absolute atomic E-state index is 0.0304. The van der Waals surface area contributed by atoms with Crippen molar-refractivity contribution in [1.29, 1.82) is 0 Å². The number of amides is 1. The molecule has 1 heterocycles. The van der Waals surface area contributed by atoms with Gasteiger partial charge in [0, 0.05) is 22.2 Å². The average molecular weight is 512 g/mol. The number of halogens is 5. The molecule has 0 unspecified atom stereocenters. The third-order valence-corrected chi connectivity index (χ3v) is 5.60. The quantitative estimate of drug-likeness (QED) is 0.402. The van der Waals surface area contributed by atoms with Gasteiger partial charge >= 0.3 is 6.18 Å². The Bertz CT molecular complexity index is 1230. The van der Waals surface area contributed by atoms with E-state index in [9.17, 15) is 22.8 Å². The zero-order chi connectivity index (χ0) is 25.3. The van der Waals surface area contributed by atoms with Gasteiger partial charge in [-0.15, -0.1) is 0 Å². The van der Waals surface area contributed by atoms with Gasteiger partial charge in [-0.05, 0) is 57.0 Å². The number of ketones is 1. The van der Waals surface area contributed by atoms with E-state index in [0.29, 0.717) is 16.5 Å². The molecule has 34 heavy (non-hydrogen) atoms. The van der Waals surface area contributed by atoms with Gasteiger partial charge in [-0.25, -0.2) is 0 Å². The lowest BCUT2D eigenvalue weighted by Gasteiger charge is -2.22. The Kier molecular flexibility index (Phi) is 7.43. The van der Waals surface area contributed by atoms with Gasteiger partial charge < -0.3 is 5.32 Å². The highest BCUT2D eigenvalue weighted by atomic mass is 35.5. The lowest BCUT2D eigenvalue weighted by atomic mass is 10.00. The Morgan fingerprint density at radius 2 is 1.76 bits per heavy atom. The first-order valence-corrected chi connectivity index (χ1v) is 11.1. The average Bonchev–Trinajstić information content (AvgIpc) is 3.20. The number of alkyl halides is 3. The third kappa shape index (κ3) is 5.80. The molecule has 0 aliphatic carbocycles. The Morgan fingerprint density at radius 3 is 2.38 bits per heavy atom. The van der Waals surface area contributed by atoms with Crippen molar-refractivity contribution in [3.05, 3.63) is 86.7 Å². The number of aromatic nitrogens is 2. The molecule has 1 aromatic heterocycles. The summed E-state index contributed by atoms with van der Waals surface area (Å²) in [6.07, 6.45) is -2.99. The monoisotopic (exact) mass is 511 g/mol. The number of hydrogen-bond donors (Lipinski definition) is 1. The van der Waals surface area contributed by atoms with Crippen LogP contribution in [0.3, 0.4) is 0 Å². The van der Waals surface area contributed by atoms with E-state index < -0.39 is 29.0 Å². The van der Waals surface area contributed by atoms with Crippen molar-refractivity contribution in [2.45, 2.75) is 38.9 Å². The van der Waals surface area contributed by atoms with Crippen LogP contribution in [0.4, 0.5) is 13.2 Å². The third-order valence-electron chi connectivity index (χ3n) is 5.01. The molecule has 0 radical (unpaired) electrons. The zero-order valence-electron chi connectivity index (χ0n) is 18.6. The number of carbonyl (C=O) groups excluding carboxylic acids is 2. The smallest absolute Gasteiger partial charge is 0.350 e. The van der Waals surface area contributed by atoms with Crippen LogP contribution in [0.15, 0.2) is 48.7 Å². The maximum atomic E-state index is 13.1. The van der Waals surface area contributed by atoms with Crippen LogP contribution in [-0.2, 0) is 18.1 Å². The maximum absolute atomic E-state index is 13.1. The van der Waals surface area contributed by atoms with Crippen LogP contribution in [0.5, 0.6) is 0 Å². The van der Waals surface area contributed by atoms with E-state index in [-0.39, 0.29) is 23.4 Å². The standard InChI is InChI=1S/C24H22Cl2F3N3O2/c1-23(2,3)32-20(22(34)30-10-9-14-7-8-17(25)12-19(14)26)18(13-31-32)21(33)15-5-4-6-16(11-15)24(27,28)29/h4-8,11-13H,9-10H2,1-3H3,(H,30,34). The molecule has 3 rings (SSSR count). The van der Waals surface area contributed by atoms with Crippen LogP contribution in [0, 0.1) is 0 Å². The summed E-state index contributed by atoms with van der Waals surface area (Å²) >= 11 is 12.1. The highest BCUT2D eigenvalue weighted by Gasteiger charge is 2.33. The molecule has 3 aromatic rings. The lowest BCUT2D eigenvalue weighted by molar-refractivity contribution is -0.137. The van der Waals surface area contributed by atoms with E-state index in [1.165, 1.54) is 16.9 Å². The van der Waals surface area contributed by atoms with Crippen LogP contribution in [0.2, 0.25) is 10.0 Å². The highest BCUT2D eigenvalue weighted by Crippen LogP contribution is 2.30. The first-order chi connectivity index (χ1) is 15.8. The summed E-state index contributed by atoms with van der Waals surface area (Å²) in [6, 6.07) is 9.10. The Balaban J connectivity index is 1.90. The van der Waals surface area contributed by atoms with Gasteiger partial charge in [0.1, 0.15) is 5.69 Å². The fraction of sp³-hybridized carbons (Fsp3) is 0.292. The normalized spacial score (nSPS) is 12.0. The van der Waals surface area contributed by atoms with Crippen LogP contribution >= 0.6 is 23.2 Å². The summed E-state index contributed by atoms with van der Waals surface area (Å²) < 4.78 is 40.8. The van der Waals surface area contributed by atoms with E-state index in [4.69, 9.17) is 23.2 Å². The number of benzene rings is 2. The molecule has 5 nitrogen and oxygen atoms in total. The first kappa shape index (κ1) is 25.8. The summed E-state index contributed by atoms with van der Waals surface area (Å²) in [5.74, 6) is -1.31. The van der Waals surface area contributed by atoms with Crippen molar-refractivity contribution in [3.63, 3.8) is 0 Å². The van der Waals surface area contributed by atoms with Crippen LogP contribution in [0.1, 0.15) is 58.3 Å². The van der Waals surface area contributed by atoms with Crippen molar-refractivity contribution < 1.29 is 22.8 Å². The maximum Gasteiger partial charge on any atom is 0.416 e. The number of hydrogen-bond acceptors (Lipinski definition) is 3. The number of nitrogens with zero attached hydrogens (tertiary/aromatic N) is 2. The lowest BCUT2D eigenvalue weighted by Crippen LogP contribution is -2.34. The van der Waals surface area contributed by atoms with Gasteiger partial charge in [0.05, 0.1) is 22.9 Å². The summed E-state index contributed by atoms with van der Waals surface area (Å²) in [7, 11) is 0. The van der Waals surface area contributed by atoms with Crippen molar-refractivity contribution in [2.24, 2.45) is 0 Å². The van der Waals surface area contributed by atoms with Gasteiger partial charge in [-0.3, -0.25) is 14.3 Å². The molecule has 10 heteroatoms. The van der Waals surface area contributed by atoms with Gasteiger partial charge in [0.15, 0.2) is 5.78 Å². The first-order valence-electron chi connectivity index (χ1n) is 10.3. The van der Waals surface area contributed by atoms with E-state index in [1.54, 1.807) is 39.0 Å². The molecule has 180 valence electrons. The number of rotatable bonds is 6. The molecular formula is C24H22Cl2F3N3O2. The molecule has 0 spiro atoms. The molecule has 0 saturated carbocycles. The van der Waals surface area contributed by atoms with E-state index in [0.717, 1.165) is 23.8 Å². The number of carbonyl (C=O) groups is 2. The van der Waals surface area contributed by atoms with Crippen molar-refractivity contribution in [2.75, 3.05) is 6.54 Å². The van der Waals surface area contributed by atoms with E-state index in [2.05, 4.69) is 10.4 Å². The Labute approximate surface area is 204 Å². The minimum Gasteiger partial charge on any atom is -0.350 e. The Morgan fingerprint density at radius 1 is 1.06 bits per heavy atom. The van der Waals surface area contributed by atoms with Gasteiger partial charge in [-0.1, -0.05) is 41.4 Å². The second-order valence-electron chi connectivity index (χ2n) is 8.64. The SMILES string of the molecule is CC(C)(C)n1ncc(C(=O)c2cccc(C(F)(F)F)c2)c1C(=O)NCCc1ccc(Cl)cc1Cl. The van der Waals surface area contributed by atoms with Gasteiger partial charge in [0.25, 0.3) is 5.91 Å². The molecular weight excluding hydrogens is 490 g/mol. The summed E-state index contributed by atoms with van der Waals surface area (Å²) in [5, 5.41) is 7.89. The Hall–Kier alpha value is -2.84. The molecule has 0 aliphatic rings. The van der Waals surface area contributed by atoms with E-state index in [1.807, 2.05) is 0 Å². The molecule has 0 bridgehead atoms. The second-order valence-corrected chi connectivity index (χ2v) is 9.48. The topological polar surface area (TPSA) is 64.0 Å². The summed E-state index contributed by atoms with van der Waals surface area (Å²) in [4.78, 5) is 26.3.